The minimum absolute atomic E-state index is 0.185. The van der Waals surface area contributed by atoms with Crippen LogP contribution < -0.4 is 5.32 Å². The molecule has 34 heavy (non-hydrogen) atoms. The fourth-order valence-electron chi connectivity index (χ4n) is 3.89. The van der Waals surface area contributed by atoms with E-state index in [4.69, 9.17) is 16.7 Å². The normalized spacial score (nSPS) is 11.8. The van der Waals surface area contributed by atoms with Crippen LogP contribution in [0.25, 0.3) is 16.3 Å². The highest BCUT2D eigenvalue weighted by molar-refractivity contribution is 7.13. The van der Waals surface area contributed by atoms with Crippen molar-refractivity contribution in [3.05, 3.63) is 130 Å². The quantitative estimate of drug-likeness (QED) is 0.272. The lowest BCUT2D eigenvalue weighted by Gasteiger charge is -2.20. The molecule has 0 radical (unpaired) electrons. The van der Waals surface area contributed by atoms with Gasteiger partial charge in [0.15, 0.2) is 0 Å². The predicted octanol–water partition coefficient (Wildman–Crippen LogP) is 6.97. The number of benzene rings is 3. The van der Waals surface area contributed by atoms with Crippen LogP contribution in [0.1, 0.15) is 27.7 Å². The average molecular weight is 484 g/mol. The van der Waals surface area contributed by atoms with Gasteiger partial charge < -0.3 is 5.32 Å². The summed E-state index contributed by atoms with van der Waals surface area (Å²) < 4.78 is 1.69. The van der Waals surface area contributed by atoms with Crippen molar-refractivity contribution in [2.45, 2.75) is 12.5 Å². The van der Waals surface area contributed by atoms with Gasteiger partial charge in [0.2, 0.25) is 0 Å². The molecular formula is C28H22ClN3OS. The van der Waals surface area contributed by atoms with Crippen molar-refractivity contribution in [1.29, 1.82) is 0 Å². The summed E-state index contributed by atoms with van der Waals surface area (Å²) in [5, 5.41) is 10.7. The number of hydrogen-bond acceptors (Lipinski definition) is 3. The Bertz CT molecular complexity index is 1360. The molecule has 0 saturated carbocycles. The fourth-order valence-corrected chi connectivity index (χ4v) is 4.69. The molecule has 0 spiro atoms. The lowest BCUT2D eigenvalue weighted by atomic mass is 9.98. The van der Waals surface area contributed by atoms with Gasteiger partial charge in [0.05, 0.1) is 16.6 Å². The van der Waals surface area contributed by atoms with Crippen LogP contribution >= 0.6 is 22.9 Å². The zero-order valence-electron chi connectivity index (χ0n) is 18.3. The molecular weight excluding hydrogens is 462 g/mol. The number of amides is 1. The van der Waals surface area contributed by atoms with Crippen molar-refractivity contribution in [3.8, 4) is 16.3 Å². The third-order valence-electron chi connectivity index (χ3n) is 5.58. The van der Waals surface area contributed by atoms with E-state index < -0.39 is 0 Å². The van der Waals surface area contributed by atoms with Gasteiger partial charge in [-0.2, -0.15) is 5.10 Å². The van der Waals surface area contributed by atoms with E-state index in [-0.39, 0.29) is 11.9 Å². The summed E-state index contributed by atoms with van der Waals surface area (Å²) in [4.78, 5) is 14.7. The molecule has 1 atom stereocenters. The average Bonchev–Trinajstić information content (AvgIpc) is 3.56. The van der Waals surface area contributed by atoms with Crippen molar-refractivity contribution in [2.24, 2.45) is 0 Å². The number of nitrogens with one attached hydrogen (secondary N) is 1. The third kappa shape index (κ3) is 4.96. The Balaban J connectivity index is 1.51. The summed E-state index contributed by atoms with van der Waals surface area (Å²) in [6.07, 6.45) is 0.684. The first kappa shape index (κ1) is 22.1. The molecule has 2 heterocycles. The van der Waals surface area contributed by atoms with E-state index in [1.165, 1.54) is 0 Å². The van der Waals surface area contributed by atoms with Crippen molar-refractivity contribution in [2.75, 3.05) is 0 Å². The number of carbonyl (C=O) groups excluding carboxylic acids is 1. The van der Waals surface area contributed by atoms with E-state index >= 15 is 0 Å². The smallest absolute Gasteiger partial charge is 0.270 e. The molecule has 5 aromatic rings. The second-order valence-electron chi connectivity index (χ2n) is 7.91. The number of hydrogen-bond donors (Lipinski definition) is 1. The highest BCUT2D eigenvalue weighted by Gasteiger charge is 2.22. The Kier molecular flexibility index (Phi) is 6.56. The van der Waals surface area contributed by atoms with Crippen LogP contribution in [-0.2, 0) is 6.42 Å². The monoisotopic (exact) mass is 483 g/mol. The molecule has 2 aromatic heterocycles. The van der Waals surface area contributed by atoms with Gasteiger partial charge in [-0.25, -0.2) is 4.68 Å². The predicted molar refractivity (Wildman–Crippen MR) is 139 cm³/mol. The van der Waals surface area contributed by atoms with Crippen LogP contribution in [0.4, 0.5) is 0 Å². The zero-order valence-corrected chi connectivity index (χ0v) is 19.8. The summed E-state index contributed by atoms with van der Waals surface area (Å²) >= 11 is 7.69. The summed E-state index contributed by atoms with van der Waals surface area (Å²) in [7, 11) is 0. The summed E-state index contributed by atoms with van der Waals surface area (Å²) in [5.41, 5.74) is 4.21. The van der Waals surface area contributed by atoms with E-state index in [0.717, 1.165) is 27.4 Å². The number of aromatic nitrogens is 2. The topological polar surface area (TPSA) is 46.9 Å². The summed E-state index contributed by atoms with van der Waals surface area (Å²) in [5.74, 6) is -0.185. The van der Waals surface area contributed by atoms with Crippen molar-refractivity contribution in [1.82, 2.24) is 15.1 Å². The Morgan fingerprint density at radius 1 is 0.912 bits per heavy atom. The summed E-state index contributed by atoms with van der Waals surface area (Å²) in [6.45, 7) is 0. The largest absolute Gasteiger partial charge is 0.344 e. The van der Waals surface area contributed by atoms with Crippen molar-refractivity contribution >= 4 is 28.8 Å². The van der Waals surface area contributed by atoms with Crippen LogP contribution in [-0.4, -0.2) is 15.7 Å². The van der Waals surface area contributed by atoms with Crippen molar-refractivity contribution in [3.63, 3.8) is 0 Å². The minimum Gasteiger partial charge on any atom is -0.344 e. The maximum Gasteiger partial charge on any atom is 0.270 e. The van der Waals surface area contributed by atoms with Crippen LogP contribution in [0.3, 0.4) is 0 Å². The number of thiophene rings is 1. The molecule has 0 aliphatic carbocycles. The van der Waals surface area contributed by atoms with Gasteiger partial charge in [0.1, 0.15) is 11.4 Å². The lowest BCUT2D eigenvalue weighted by molar-refractivity contribution is 0.0928. The van der Waals surface area contributed by atoms with Gasteiger partial charge in [0.25, 0.3) is 5.91 Å². The fraction of sp³-hybridized carbons (Fsp3) is 0.0714. The SMILES string of the molecule is O=C(NC(Cc1ccccc1)c1ccccc1)c1cc(-c2cccs2)nn1-c1ccc(Cl)cc1. The highest BCUT2D eigenvalue weighted by Crippen LogP contribution is 2.27. The molecule has 0 fully saturated rings. The van der Waals surface area contributed by atoms with Crippen LogP contribution in [0.15, 0.2) is 109 Å². The number of halogens is 1. The standard InChI is InChI=1S/C28H22ClN3OS/c29-22-13-15-23(16-14-22)32-26(19-25(31-32)27-12-7-17-34-27)28(33)30-24(21-10-5-2-6-11-21)18-20-8-3-1-4-9-20/h1-17,19,24H,18H2,(H,30,33). The second kappa shape index (κ2) is 10.1. The van der Waals surface area contributed by atoms with E-state index in [2.05, 4.69) is 17.4 Å². The Morgan fingerprint density at radius 3 is 2.29 bits per heavy atom. The minimum atomic E-state index is -0.185. The molecule has 6 heteroatoms. The van der Waals surface area contributed by atoms with Gasteiger partial charge in [-0.15, -0.1) is 11.3 Å². The summed E-state index contributed by atoms with van der Waals surface area (Å²) in [6, 6.07) is 33.2. The van der Waals surface area contributed by atoms with E-state index in [0.29, 0.717) is 17.1 Å². The van der Waals surface area contributed by atoms with E-state index in [9.17, 15) is 4.79 Å². The Morgan fingerprint density at radius 2 is 1.62 bits per heavy atom. The Hall–Kier alpha value is -3.67. The molecule has 0 aliphatic rings. The molecule has 3 aromatic carbocycles. The maximum absolute atomic E-state index is 13.7. The van der Waals surface area contributed by atoms with E-state index in [1.54, 1.807) is 28.2 Å². The molecule has 1 amide bonds. The van der Waals surface area contributed by atoms with Crippen LogP contribution in [0, 0.1) is 0 Å². The van der Waals surface area contributed by atoms with Gasteiger partial charge in [-0.3, -0.25) is 4.79 Å². The first-order valence-electron chi connectivity index (χ1n) is 11.0. The molecule has 0 aliphatic heterocycles. The Labute approximate surface area is 207 Å². The molecule has 1 N–H and O–H groups in total. The number of rotatable bonds is 7. The van der Waals surface area contributed by atoms with Gasteiger partial charge in [-0.05, 0) is 59.3 Å². The van der Waals surface area contributed by atoms with Gasteiger partial charge in [0, 0.05) is 5.02 Å². The lowest BCUT2D eigenvalue weighted by Crippen LogP contribution is -2.31. The number of nitrogens with zero attached hydrogens (tertiary/aromatic N) is 2. The molecule has 5 rings (SSSR count). The second-order valence-corrected chi connectivity index (χ2v) is 9.29. The van der Waals surface area contributed by atoms with Crippen molar-refractivity contribution < 1.29 is 4.79 Å². The van der Waals surface area contributed by atoms with Crippen LogP contribution in [0.2, 0.25) is 5.02 Å². The molecule has 0 bridgehead atoms. The highest BCUT2D eigenvalue weighted by atomic mass is 35.5. The molecule has 168 valence electrons. The number of carbonyl (C=O) groups is 1. The molecule has 0 saturated heterocycles. The zero-order chi connectivity index (χ0) is 23.3. The van der Waals surface area contributed by atoms with E-state index in [1.807, 2.05) is 84.2 Å². The first-order chi connectivity index (χ1) is 16.7. The van der Waals surface area contributed by atoms with Gasteiger partial charge in [-0.1, -0.05) is 78.3 Å². The first-order valence-corrected chi connectivity index (χ1v) is 12.2. The maximum atomic E-state index is 13.7. The van der Waals surface area contributed by atoms with Crippen LogP contribution in [0.5, 0.6) is 0 Å². The third-order valence-corrected chi connectivity index (χ3v) is 6.72. The molecule has 4 nitrogen and oxygen atoms in total. The van der Waals surface area contributed by atoms with Gasteiger partial charge >= 0.3 is 0 Å². The molecule has 1 unspecified atom stereocenters.